The number of nitrogens with one attached hydrogen (secondary N) is 1. The van der Waals surface area contributed by atoms with E-state index in [1.165, 1.54) is 9.80 Å². The third-order valence-corrected chi connectivity index (χ3v) is 8.89. The zero-order valence-corrected chi connectivity index (χ0v) is 29.3. The van der Waals surface area contributed by atoms with E-state index >= 15 is 0 Å². The third kappa shape index (κ3) is 13.6. The molecule has 2 rings (SSSR count). The van der Waals surface area contributed by atoms with E-state index in [1.807, 2.05) is 41.5 Å². The smallest absolute Gasteiger partial charge is 0.233 e. The minimum Gasteiger partial charge on any atom is -0.379 e. The summed E-state index contributed by atoms with van der Waals surface area (Å²) >= 11 is 0. The van der Waals surface area contributed by atoms with E-state index in [0.29, 0.717) is 91.0 Å². The van der Waals surface area contributed by atoms with E-state index in [9.17, 15) is 28.8 Å². The van der Waals surface area contributed by atoms with Crippen molar-refractivity contribution in [2.75, 3.05) is 46.1 Å². The lowest BCUT2D eigenvalue weighted by molar-refractivity contribution is -0.142. The van der Waals surface area contributed by atoms with E-state index in [2.05, 4.69) is 5.32 Å². The number of ketones is 1. The Kier molecular flexibility index (Phi) is 16.5. The molecule has 0 aromatic carbocycles. The lowest BCUT2D eigenvalue weighted by Gasteiger charge is -2.24. The highest BCUT2D eigenvalue weighted by Crippen LogP contribution is 2.36. The van der Waals surface area contributed by atoms with Gasteiger partial charge in [-0.1, -0.05) is 54.4 Å². The first-order valence-corrected chi connectivity index (χ1v) is 17.2. The van der Waals surface area contributed by atoms with Crippen molar-refractivity contribution in [3.8, 4) is 0 Å². The van der Waals surface area contributed by atoms with Crippen LogP contribution in [0.5, 0.6) is 0 Å². The number of hydrogen-bond donors (Lipinski definition) is 1. The van der Waals surface area contributed by atoms with Gasteiger partial charge in [0.1, 0.15) is 5.78 Å². The minimum atomic E-state index is -0.249. The zero-order chi connectivity index (χ0) is 34.3. The average molecular weight is 650 g/mol. The molecule has 0 saturated carbocycles. The van der Waals surface area contributed by atoms with Gasteiger partial charge in [-0.15, -0.1) is 0 Å². The number of hydrogen-bond acceptors (Lipinski definition) is 8. The van der Waals surface area contributed by atoms with Crippen molar-refractivity contribution in [2.24, 2.45) is 22.7 Å². The second-order valence-corrected chi connectivity index (χ2v) is 14.9. The Morgan fingerprint density at radius 2 is 1.09 bits per heavy atom. The van der Waals surface area contributed by atoms with E-state index in [0.717, 1.165) is 25.7 Å². The van der Waals surface area contributed by atoms with Gasteiger partial charge in [0.15, 0.2) is 0 Å². The summed E-state index contributed by atoms with van der Waals surface area (Å²) < 4.78 is 11.0. The molecule has 5 amide bonds. The molecule has 2 heterocycles. The van der Waals surface area contributed by atoms with Crippen molar-refractivity contribution in [2.45, 2.75) is 119 Å². The first-order chi connectivity index (χ1) is 21.6. The molecule has 2 aliphatic heterocycles. The monoisotopic (exact) mass is 649 g/mol. The fourth-order valence-corrected chi connectivity index (χ4v) is 5.86. The van der Waals surface area contributed by atoms with Crippen LogP contribution in [0.25, 0.3) is 0 Å². The summed E-state index contributed by atoms with van der Waals surface area (Å²) in [5.41, 5.74) is -0.436. The Morgan fingerprint density at radius 1 is 0.630 bits per heavy atom. The molecule has 0 aliphatic carbocycles. The molecule has 0 aromatic rings. The van der Waals surface area contributed by atoms with Crippen LogP contribution in [0, 0.1) is 22.7 Å². The first kappa shape index (κ1) is 39.5. The van der Waals surface area contributed by atoms with E-state index in [4.69, 9.17) is 9.47 Å². The van der Waals surface area contributed by atoms with Crippen LogP contribution in [0.2, 0.25) is 0 Å². The molecule has 0 bridgehead atoms. The van der Waals surface area contributed by atoms with E-state index in [1.54, 1.807) is 0 Å². The second-order valence-electron chi connectivity index (χ2n) is 14.9. The van der Waals surface area contributed by atoms with Crippen LogP contribution in [0.4, 0.5) is 0 Å². The van der Waals surface area contributed by atoms with Gasteiger partial charge in [-0.25, -0.2) is 0 Å². The number of amides is 5. The molecule has 1 N–H and O–H groups in total. The molecule has 2 unspecified atom stereocenters. The second kappa shape index (κ2) is 19.2. The van der Waals surface area contributed by atoms with Gasteiger partial charge in [0.2, 0.25) is 29.5 Å². The van der Waals surface area contributed by atoms with Crippen molar-refractivity contribution >= 4 is 35.3 Å². The van der Waals surface area contributed by atoms with Crippen LogP contribution >= 0.6 is 0 Å². The van der Waals surface area contributed by atoms with Crippen LogP contribution in [0.15, 0.2) is 0 Å². The number of likely N-dealkylation sites (tertiary alicyclic amines) is 2. The van der Waals surface area contributed by atoms with Gasteiger partial charge >= 0.3 is 0 Å². The van der Waals surface area contributed by atoms with Crippen LogP contribution in [-0.2, 0) is 38.2 Å². The summed E-state index contributed by atoms with van der Waals surface area (Å²) in [7, 11) is 0. The molecule has 2 aliphatic rings. The van der Waals surface area contributed by atoms with Crippen LogP contribution in [-0.4, -0.2) is 91.2 Å². The number of nitrogens with zero attached hydrogens (tertiary/aromatic N) is 2. The Labute approximate surface area is 275 Å². The highest BCUT2D eigenvalue weighted by molar-refractivity contribution is 6.04. The van der Waals surface area contributed by atoms with Gasteiger partial charge in [-0.05, 0) is 42.9 Å². The van der Waals surface area contributed by atoms with Crippen LogP contribution in [0.1, 0.15) is 119 Å². The SMILES string of the molecule is CC(C)(C)C1CC(=O)N(CCCCCC(=O)CCCOCCOCCNC(=O)CCCCCN2C(=O)CC(C(C)(C)C)C2=O)C1=O. The molecule has 11 nitrogen and oxygen atoms in total. The normalized spacial score (nSPS) is 19.1. The fourth-order valence-electron chi connectivity index (χ4n) is 5.86. The maximum Gasteiger partial charge on any atom is 0.233 e. The highest BCUT2D eigenvalue weighted by atomic mass is 16.5. The van der Waals surface area contributed by atoms with Crippen molar-refractivity contribution in [1.82, 2.24) is 15.1 Å². The Balaban J connectivity index is 1.36. The molecule has 2 saturated heterocycles. The largest absolute Gasteiger partial charge is 0.379 e. The van der Waals surface area contributed by atoms with Gasteiger partial charge in [0.05, 0.1) is 31.7 Å². The van der Waals surface area contributed by atoms with E-state index in [-0.39, 0.29) is 64.4 Å². The zero-order valence-electron chi connectivity index (χ0n) is 29.3. The number of unbranched alkanes of at least 4 members (excludes halogenated alkanes) is 4. The summed E-state index contributed by atoms with van der Waals surface area (Å²) in [6.07, 6.45) is 7.05. The van der Waals surface area contributed by atoms with Crippen molar-refractivity contribution in [1.29, 1.82) is 0 Å². The summed E-state index contributed by atoms with van der Waals surface area (Å²) in [5, 5.41) is 2.83. The molecular weight excluding hydrogens is 590 g/mol. The fraction of sp³-hybridized carbons (Fsp3) is 0.829. The lowest BCUT2D eigenvalue weighted by Crippen LogP contribution is -2.34. The molecule has 262 valence electrons. The van der Waals surface area contributed by atoms with Gasteiger partial charge in [0.25, 0.3) is 0 Å². The Hall–Kier alpha value is -2.66. The molecule has 0 spiro atoms. The maximum atomic E-state index is 12.5. The van der Waals surface area contributed by atoms with E-state index < -0.39 is 0 Å². The molecule has 0 aromatic heterocycles. The summed E-state index contributed by atoms with van der Waals surface area (Å²) in [6.45, 7) is 14.9. The molecule has 0 radical (unpaired) electrons. The summed E-state index contributed by atoms with van der Waals surface area (Å²) in [4.78, 5) is 76.4. The topological polar surface area (TPSA) is 139 Å². The van der Waals surface area contributed by atoms with Gasteiger partial charge in [-0.3, -0.25) is 38.6 Å². The Bertz CT molecular complexity index is 963. The average Bonchev–Trinajstić information content (AvgIpc) is 3.43. The predicted octanol–water partition coefficient (Wildman–Crippen LogP) is 4.45. The highest BCUT2D eigenvalue weighted by Gasteiger charge is 2.45. The van der Waals surface area contributed by atoms with Crippen molar-refractivity contribution in [3.63, 3.8) is 0 Å². The van der Waals surface area contributed by atoms with Gasteiger partial charge < -0.3 is 14.8 Å². The first-order valence-electron chi connectivity index (χ1n) is 17.2. The minimum absolute atomic E-state index is 0.0447. The number of imide groups is 2. The Morgan fingerprint density at radius 3 is 1.57 bits per heavy atom. The van der Waals surface area contributed by atoms with Crippen LogP contribution < -0.4 is 5.32 Å². The summed E-state index contributed by atoms with van der Waals surface area (Å²) in [5.74, 6) is -0.647. The summed E-state index contributed by atoms with van der Waals surface area (Å²) in [6, 6.07) is 0. The van der Waals surface area contributed by atoms with Crippen molar-refractivity contribution in [3.05, 3.63) is 0 Å². The van der Waals surface area contributed by atoms with Gasteiger partial charge in [-0.2, -0.15) is 0 Å². The molecule has 46 heavy (non-hydrogen) atoms. The number of carbonyl (C=O) groups is 6. The molecular formula is C35H59N3O8. The number of Topliss-reactive ketones (excluding diaryl/α,β-unsaturated/α-hetero) is 1. The number of ether oxygens (including phenoxy) is 2. The molecule has 2 atom stereocenters. The van der Waals surface area contributed by atoms with Crippen LogP contribution in [0.3, 0.4) is 0 Å². The standard InChI is InChI=1S/C35H59N3O8/c1-34(2,3)27-24-30(41)37(32(27)43)18-11-7-9-14-26(39)15-13-20-45-22-23-46-21-17-36-29(40)16-10-8-12-19-38-31(42)25-28(33(38)44)35(4,5)6/h27-28H,7-25H2,1-6H3,(H,36,40). The van der Waals surface area contributed by atoms with Gasteiger partial charge in [0, 0.05) is 58.3 Å². The molecule has 2 fully saturated rings. The number of carbonyl (C=O) groups excluding carboxylic acids is 6. The van der Waals surface area contributed by atoms with Crippen molar-refractivity contribution < 1.29 is 38.2 Å². The third-order valence-electron chi connectivity index (χ3n) is 8.89. The lowest BCUT2D eigenvalue weighted by atomic mass is 9.80. The quantitative estimate of drug-likeness (QED) is 0.134. The number of rotatable bonds is 22. The maximum absolute atomic E-state index is 12.5. The predicted molar refractivity (Wildman–Crippen MR) is 174 cm³/mol. The molecule has 11 heteroatoms.